The van der Waals surface area contributed by atoms with Crippen LogP contribution in [0.3, 0.4) is 0 Å². The van der Waals surface area contributed by atoms with Crippen LogP contribution in [0, 0.1) is 12.8 Å². The van der Waals surface area contributed by atoms with Crippen LogP contribution >= 0.6 is 11.8 Å². The van der Waals surface area contributed by atoms with E-state index in [0.717, 1.165) is 17.9 Å². The first-order valence-corrected chi connectivity index (χ1v) is 8.23. The Labute approximate surface area is 134 Å². The first-order valence-electron chi connectivity index (χ1n) is 7.25. The number of hydrogen-bond acceptors (Lipinski definition) is 5. The number of nitrogens with zero attached hydrogens (tertiary/aromatic N) is 4. The van der Waals surface area contributed by atoms with Crippen LogP contribution in [-0.2, 0) is 6.54 Å². The second-order valence-electron chi connectivity index (χ2n) is 5.51. The van der Waals surface area contributed by atoms with Crippen LogP contribution in [0.1, 0.15) is 12.5 Å². The highest BCUT2D eigenvalue weighted by Gasteiger charge is 2.11. The van der Waals surface area contributed by atoms with Crippen molar-refractivity contribution in [3.05, 3.63) is 42.5 Å². The van der Waals surface area contributed by atoms with Gasteiger partial charge in [0.2, 0.25) is 0 Å². The van der Waals surface area contributed by atoms with E-state index in [4.69, 9.17) is 5.73 Å². The predicted octanol–water partition coefficient (Wildman–Crippen LogP) is 3.15. The summed E-state index contributed by atoms with van der Waals surface area (Å²) < 4.78 is 2.05. The minimum atomic E-state index is 0.436. The lowest BCUT2D eigenvalue weighted by molar-refractivity contribution is 0.538. The zero-order valence-electron chi connectivity index (χ0n) is 12.7. The summed E-state index contributed by atoms with van der Waals surface area (Å²) in [5.74, 6) is 1.98. The molecule has 0 aliphatic rings. The molecule has 0 radical (unpaired) electrons. The molecule has 0 amide bonds. The van der Waals surface area contributed by atoms with Crippen LogP contribution in [0.2, 0.25) is 0 Å². The highest BCUT2D eigenvalue weighted by atomic mass is 32.2. The summed E-state index contributed by atoms with van der Waals surface area (Å²) in [5, 5.41) is 0. The van der Waals surface area contributed by atoms with Gasteiger partial charge < -0.3 is 10.3 Å². The molecule has 3 aromatic rings. The lowest BCUT2D eigenvalue weighted by Gasteiger charge is -2.13. The van der Waals surface area contributed by atoms with E-state index >= 15 is 0 Å². The molecule has 2 aromatic heterocycles. The number of hydrogen-bond donors (Lipinski definition) is 1. The zero-order chi connectivity index (χ0) is 15.5. The maximum atomic E-state index is 5.82. The average Bonchev–Trinajstić information content (AvgIpc) is 2.91. The van der Waals surface area contributed by atoms with Gasteiger partial charge >= 0.3 is 0 Å². The molecule has 0 bridgehead atoms. The number of anilines is 1. The van der Waals surface area contributed by atoms with E-state index in [0.29, 0.717) is 17.3 Å². The van der Waals surface area contributed by atoms with Gasteiger partial charge in [0.1, 0.15) is 11.8 Å². The molecule has 5 nitrogen and oxygen atoms in total. The third-order valence-electron chi connectivity index (χ3n) is 3.55. The maximum absolute atomic E-state index is 5.82. The van der Waals surface area contributed by atoms with E-state index in [-0.39, 0.29) is 0 Å². The third-order valence-corrected chi connectivity index (χ3v) is 5.06. The van der Waals surface area contributed by atoms with Gasteiger partial charge in [-0.1, -0.05) is 25.1 Å². The van der Waals surface area contributed by atoms with Gasteiger partial charge in [-0.25, -0.2) is 15.0 Å². The molecule has 6 heteroatoms. The lowest BCUT2D eigenvalue weighted by atomic mass is 10.2. The van der Waals surface area contributed by atoms with Crippen molar-refractivity contribution in [3.63, 3.8) is 0 Å². The van der Waals surface area contributed by atoms with Crippen molar-refractivity contribution < 1.29 is 0 Å². The number of nitrogens with two attached hydrogens (primary N) is 1. The van der Waals surface area contributed by atoms with E-state index in [2.05, 4.69) is 57.6 Å². The fraction of sp³-hybridized carbons (Fsp3) is 0.312. The molecule has 0 saturated heterocycles. The Hall–Kier alpha value is -2.08. The van der Waals surface area contributed by atoms with Crippen LogP contribution in [0.25, 0.3) is 11.2 Å². The fourth-order valence-electron chi connectivity index (χ4n) is 2.37. The molecule has 0 aliphatic carbocycles. The number of aromatic nitrogens is 4. The van der Waals surface area contributed by atoms with Gasteiger partial charge in [0, 0.05) is 17.2 Å². The van der Waals surface area contributed by atoms with Crippen LogP contribution in [0.15, 0.2) is 41.8 Å². The number of rotatable bonds is 5. The SMILES string of the molecule is Cc1ccccc1SCC(C)Cn1cnc2c(N)ncnc21. The Kier molecular flexibility index (Phi) is 4.29. The molecule has 0 fully saturated rings. The minimum absolute atomic E-state index is 0.436. The molecule has 22 heavy (non-hydrogen) atoms. The predicted molar refractivity (Wildman–Crippen MR) is 90.8 cm³/mol. The molecule has 1 atom stereocenters. The number of aryl methyl sites for hydroxylation is 1. The maximum Gasteiger partial charge on any atom is 0.165 e. The summed E-state index contributed by atoms with van der Waals surface area (Å²) in [6, 6.07) is 8.48. The van der Waals surface area contributed by atoms with Gasteiger partial charge in [-0.15, -0.1) is 11.8 Å². The Morgan fingerprint density at radius 2 is 2.05 bits per heavy atom. The molecule has 1 unspecified atom stereocenters. The molecule has 0 spiro atoms. The van der Waals surface area contributed by atoms with E-state index < -0.39 is 0 Å². The van der Waals surface area contributed by atoms with Crippen molar-refractivity contribution in [2.24, 2.45) is 5.92 Å². The summed E-state index contributed by atoms with van der Waals surface area (Å²) in [4.78, 5) is 13.9. The second-order valence-corrected chi connectivity index (χ2v) is 6.57. The Morgan fingerprint density at radius 1 is 1.23 bits per heavy atom. The lowest BCUT2D eigenvalue weighted by Crippen LogP contribution is -2.10. The van der Waals surface area contributed by atoms with Crippen molar-refractivity contribution in [1.29, 1.82) is 0 Å². The monoisotopic (exact) mass is 313 g/mol. The molecule has 2 N–H and O–H groups in total. The van der Waals surface area contributed by atoms with Crippen LogP contribution in [-0.4, -0.2) is 25.3 Å². The summed E-state index contributed by atoms with van der Waals surface area (Å²) in [6.45, 7) is 5.25. The van der Waals surface area contributed by atoms with Crippen molar-refractivity contribution in [3.8, 4) is 0 Å². The summed E-state index contributed by atoms with van der Waals surface area (Å²) in [6.07, 6.45) is 3.28. The number of imidazole rings is 1. The van der Waals surface area contributed by atoms with E-state index in [1.54, 1.807) is 6.33 Å². The van der Waals surface area contributed by atoms with Crippen LogP contribution in [0.4, 0.5) is 5.82 Å². The third kappa shape index (κ3) is 3.06. The summed E-state index contributed by atoms with van der Waals surface area (Å²) in [7, 11) is 0. The second kappa shape index (κ2) is 6.36. The minimum Gasteiger partial charge on any atom is -0.382 e. The Balaban J connectivity index is 1.67. The highest BCUT2D eigenvalue weighted by Crippen LogP contribution is 2.25. The fourth-order valence-corrected chi connectivity index (χ4v) is 3.41. The van der Waals surface area contributed by atoms with Gasteiger partial charge in [-0.2, -0.15) is 0 Å². The number of benzene rings is 1. The quantitative estimate of drug-likeness (QED) is 0.733. The van der Waals surface area contributed by atoms with Crippen LogP contribution < -0.4 is 5.73 Å². The normalized spacial score (nSPS) is 12.6. The summed E-state index contributed by atoms with van der Waals surface area (Å²) in [5.41, 5.74) is 8.64. The van der Waals surface area contributed by atoms with Gasteiger partial charge in [-0.05, 0) is 24.5 Å². The number of thioether (sulfide) groups is 1. The van der Waals surface area contributed by atoms with Gasteiger partial charge in [0.25, 0.3) is 0 Å². The van der Waals surface area contributed by atoms with Crippen molar-refractivity contribution in [2.75, 3.05) is 11.5 Å². The zero-order valence-corrected chi connectivity index (χ0v) is 13.5. The van der Waals surface area contributed by atoms with Crippen molar-refractivity contribution in [1.82, 2.24) is 19.5 Å². The van der Waals surface area contributed by atoms with Gasteiger partial charge in [-0.3, -0.25) is 0 Å². The molecule has 114 valence electrons. The van der Waals surface area contributed by atoms with E-state index in [1.807, 2.05) is 11.8 Å². The van der Waals surface area contributed by atoms with Gasteiger partial charge in [0.05, 0.1) is 6.33 Å². The first-order chi connectivity index (χ1) is 10.6. The van der Waals surface area contributed by atoms with Crippen LogP contribution in [0.5, 0.6) is 0 Å². The van der Waals surface area contributed by atoms with Gasteiger partial charge in [0.15, 0.2) is 11.5 Å². The molecule has 0 saturated carbocycles. The molecule has 0 aliphatic heterocycles. The average molecular weight is 313 g/mol. The van der Waals surface area contributed by atoms with E-state index in [1.165, 1.54) is 16.8 Å². The smallest absolute Gasteiger partial charge is 0.165 e. The van der Waals surface area contributed by atoms with Crippen molar-refractivity contribution in [2.45, 2.75) is 25.3 Å². The van der Waals surface area contributed by atoms with Crippen molar-refractivity contribution >= 4 is 28.7 Å². The molecular weight excluding hydrogens is 294 g/mol. The summed E-state index contributed by atoms with van der Waals surface area (Å²) >= 11 is 1.89. The first kappa shape index (κ1) is 14.8. The largest absolute Gasteiger partial charge is 0.382 e. The Morgan fingerprint density at radius 3 is 2.86 bits per heavy atom. The Bertz CT molecular complexity index is 783. The van der Waals surface area contributed by atoms with E-state index in [9.17, 15) is 0 Å². The number of nitrogen functional groups attached to an aromatic ring is 1. The number of fused-ring (bicyclic) bond motifs is 1. The molecular formula is C16H19N5S. The standard InChI is InChI=1S/C16H19N5S/c1-11(8-22-13-6-4-3-5-12(13)2)7-21-10-20-14-15(17)18-9-19-16(14)21/h3-6,9-11H,7-8H2,1-2H3,(H2,17,18,19). The topological polar surface area (TPSA) is 69.6 Å². The molecule has 3 rings (SSSR count). The highest BCUT2D eigenvalue weighted by molar-refractivity contribution is 7.99. The molecule has 1 aromatic carbocycles. The molecule has 2 heterocycles.